The lowest BCUT2D eigenvalue weighted by atomic mass is 10.1. The first-order valence-electron chi connectivity index (χ1n) is 13.3. The lowest BCUT2D eigenvalue weighted by molar-refractivity contribution is -0.140. The average molecular weight is 475 g/mol. The fourth-order valence-electron chi connectivity index (χ4n) is 3.46. The number of carbonyl (C=O) groups is 1. The Morgan fingerprint density at radius 2 is 1.26 bits per heavy atom. The molecule has 4 heteroatoms. The second-order valence-corrected chi connectivity index (χ2v) is 8.74. The SMILES string of the molecule is CCCC(O)C/C=C\C(O)/C=C\C/C=C\C/C=C\C/C=C\CCCCCCCCCC(=O)OC. The van der Waals surface area contributed by atoms with E-state index in [0.29, 0.717) is 12.8 Å². The van der Waals surface area contributed by atoms with Crippen molar-refractivity contribution < 1.29 is 19.7 Å². The molecule has 0 radical (unpaired) electrons. The van der Waals surface area contributed by atoms with Gasteiger partial charge in [-0.05, 0) is 51.4 Å². The zero-order valence-electron chi connectivity index (χ0n) is 21.7. The van der Waals surface area contributed by atoms with E-state index in [1.165, 1.54) is 39.2 Å². The van der Waals surface area contributed by atoms with E-state index >= 15 is 0 Å². The van der Waals surface area contributed by atoms with Crippen molar-refractivity contribution in [3.8, 4) is 0 Å². The number of aliphatic hydroxyl groups is 2. The lowest BCUT2D eigenvalue weighted by Gasteiger charge is -2.04. The van der Waals surface area contributed by atoms with Crippen LogP contribution in [0.4, 0.5) is 0 Å². The Bertz CT molecular complexity index is 601. The molecule has 0 aliphatic carbocycles. The van der Waals surface area contributed by atoms with Gasteiger partial charge in [-0.25, -0.2) is 0 Å². The van der Waals surface area contributed by atoms with Crippen molar-refractivity contribution in [3.63, 3.8) is 0 Å². The molecule has 0 aliphatic rings. The van der Waals surface area contributed by atoms with E-state index < -0.39 is 6.10 Å². The van der Waals surface area contributed by atoms with Gasteiger partial charge in [-0.1, -0.05) is 106 Å². The molecule has 2 unspecified atom stereocenters. The fourth-order valence-corrected chi connectivity index (χ4v) is 3.46. The van der Waals surface area contributed by atoms with Crippen LogP contribution in [-0.2, 0) is 9.53 Å². The second-order valence-electron chi connectivity index (χ2n) is 8.74. The normalized spacial score (nSPS) is 14.4. The number of aliphatic hydroxyl groups excluding tert-OH is 2. The predicted octanol–water partition coefficient (Wildman–Crippen LogP) is 7.53. The maximum Gasteiger partial charge on any atom is 0.305 e. The van der Waals surface area contributed by atoms with Crippen LogP contribution in [0.5, 0.6) is 0 Å². The Balaban J connectivity index is 3.54. The summed E-state index contributed by atoms with van der Waals surface area (Å²) in [6, 6.07) is 0. The molecule has 194 valence electrons. The Labute approximate surface area is 209 Å². The van der Waals surface area contributed by atoms with Crippen LogP contribution in [0, 0.1) is 0 Å². The molecule has 0 rings (SSSR count). The molecule has 0 spiro atoms. The van der Waals surface area contributed by atoms with E-state index in [1.807, 2.05) is 12.2 Å². The number of rotatable bonds is 22. The van der Waals surface area contributed by atoms with Gasteiger partial charge in [0.05, 0.1) is 19.3 Å². The van der Waals surface area contributed by atoms with Gasteiger partial charge in [0.25, 0.3) is 0 Å². The van der Waals surface area contributed by atoms with Crippen molar-refractivity contribution in [2.45, 2.75) is 115 Å². The molecule has 0 saturated carbocycles. The van der Waals surface area contributed by atoms with E-state index in [9.17, 15) is 15.0 Å². The summed E-state index contributed by atoms with van der Waals surface area (Å²) in [6.45, 7) is 2.05. The monoisotopic (exact) mass is 474 g/mol. The van der Waals surface area contributed by atoms with Crippen LogP contribution < -0.4 is 0 Å². The largest absolute Gasteiger partial charge is 0.469 e. The number of ether oxygens (including phenoxy) is 1. The summed E-state index contributed by atoms with van der Waals surface area (Å²) in [5, 5.41) is 19.5. The summed E-state index contributed by atoms with van der Waals surface area (Å²) in [4.78, 5) is 11.0. The van der Waals surface area contributed by atoms with Crippen LogP contribution in [0.15, 0.2) is 60.8 Å². The van der Waals surface area contributed by atoms with E-state index in [1.54, 1.807) is 12.2 Å². The second kappa shape index (κ2) is 25.7. The van der Waals surface area contributed by atoms with Crippen LogP contribution in [0.25, 0.3) is 0 Å². The molecule has 2 atom stereocenters. The quantitative estimate of drug-likeness (QED) is 0.0966. The first-order valence-corrected chi connectivity index (χ1v) is 13.3. The van der Waals surface area contributed by atoms with Gasteiger partial charge in [-0.2, -0.15) is 0 Å². The maximum absolute atomic E-state index is 11.0. The predicted molar refractivity (Wildman–Crippen MR) is 145 cm³/mol. The van der Waals surface area contributed by atoms with Gasteiger partial charge >= 0.3 is 5.97 Å². The van der Waals surface area contributed by atoms with Crippen LogP contribution in [0.3, 0.4) is 0 Å². The highest BCUT2D eigenvalue weighted by molar-refractivity contribution is 5.68. The smallest absolute Gasteiger partial charge is 0.305 e. The standard InChI is InChI=1S/C30H50O4/c1-3-23-28(31)25-22-26-29(32)24-20-18-16-14-12-10-8-6-4-5-7-9-11-13-15-17-19-21-27-30(33)34-2/h4-5,8,10,14,16,20,22,24,26,28-29,31-32H,3,6-7,9,11-13,15,17-19,21,23,25,27H2,1-2H3/b5-4-,10-8-,16-14-,24-20-,26-22-. The third-order valence-corrected chi connectivity index (χ3v) is 5.49. The number of unbranched alkanes of at least 4 members (excludes halogenated alkanes) is 7. The number of allylic oxidation sites excluding steroid dienone is 7. The molecular weight excluding hydrogens is 424 g/mol. The molecule has 4 nitrogen and oxygen atoms in total. The van der Waals surface area contributed by atoms with Gasteiger partial charge in [0.1, 0.15) is 0 Å². The zero-order chi connectivity index (χ0) is 25.1. The molecule has 0 aromatic rings. The van der Waals surface area contributed by atoms with Gasteiger partial charge in [0.2, 0.25) is 0 Å². The minimum absolute atomic E-state index is 0.0942. The molecule has 34 heavy (non-hydrogen) atoms. The zero-order valence-corrected chi connectivity index (χ0v) is 21.7. The van der Waals surface area contributed by atoms with E-state index in [-0.39, 0.29) is 12.1 Å². The third kappa shape index (κ3) is 24.7. The molecule has 2 N–H and O–H groups in total. The Morgan fingerprint density at radius 3 is 1.88 bits per heavy atom. The summed E-state index contributed by atoms with van der Waals surface area (Å²) in [6.07, 6.45) is 34.8. The highest BCUT2D eigenvalue weighted by atomic mass is 16.5. The number of methoxy groups -OCH3 is 1. The van der Waals surface area contributed by atoms with Gasteiger partial charge in [0.15, 0.2) is 0 Å². The first kappa shape index (κ1) is 32.1. The maximum atomic E-state index is 11.0. The van der Waals surface area contributed by atoms with Crippen molar-refractivity contribution in [1.82, 2.24) is 0 Å². The van der Waals surface area contributed by atoms with E-state index in [2.05, 4.69) is 48.1 Å². The van der Waals surface area contributed by atoms with Crippen LogP contribution in [0.2, 0.25) is 0 Å². The highest BCUT2D eigenvalue weighted by Crippen LogP contribution is 2.10. The van der Waals surface area contributed by atoms with E-state index in [0.717, 1.165) is 51.4 Å². The fraction of sp³-hybridized carbons (Fsp3) is 0.633. The summed E-state index contributed by atoms with van der Waals surface area (Å²) >= 11 is 0. The first-order chi connectivity index (χ1) is 16.6. The van der Waals surface area contributed by atoms with Crippen LogP contribution in [0.1, 0.15) is 103 Å². The summed E-state index contributed by atoms with van der Waals surface area (Å²) in [7, 11) is 1.45. The number of hydrogen-bond donors (Lipinski definition) is 2. The highest BCUT2D eigenvalue weighted by Gasteiger charge is 2.00. The van der Waals surface area contributed by atoms with Crippen molar-refractivity contribution >= 4 is 5.97 Å². The van der Waals surface area contributed by atoms with Gasteiger partial charge < -0.3 is 14.9 Å². The number of carbonyl (C=O) groups excluding carboxylic acids is 1. The van der Waals surface area contributed by atoms with Gasteiger partial charge in [0, 0.05) is 6.42 Å². The summed E-state index contributed by atoms with van der Waals surface area (Å²) in [5.41, 5.74) is 0. The van der Waals surface area contributed by atoms with Crippen molar-refractivity contribution in [2.24, 2.45) is 0 Å². The Morgan fingerprint density at radius 1 is 0.735 bits per heavy atom. The summed E-state index contributed by atoms with van der Waals surface area (Å²) < 4.78 is 4.64. The minimum Gasteiger partial charge on any atom is -0.469 e. The molecular formula is C30H50O4. The molecule has 0 aromatic carbocycles. The Hall–Kier alpha value is -1.91. The van der Waals surface area contributed by atoms with Gasteiger partial charge in [-0.15, -0.1) is 0 Å². The number of esters is 1. The Kier molecular flexibility index (Phi) is 24.3. The minimum atomic E-state index is -0.585. The molecule has 0 aromatic heterocycles. The third-order valence-electron chi connectivity index (χ3n) is 5.49. The molecule has 0 bridgehead atoms. The van der Waals surface area contributed by atoms with Gasteiger partial charge in [-0.3, -0.25) is 4.79 Å². The average Bonchev–Trinajstić information content (AvgIpc) is 2.82. The number of hydrogen-bond acceptors (Lipinski definition) is 4. The van der Waals surface area contributed by atoms with Crippen molar-refractivity contribution in [3.05, 3.63) is 60.8 Å². The lowest BCUT2D eigenvalue weighted by Crippen LogP contribution is -2.04. The molecule has 0 saturated heterocycles. The molecule has 0 aliphatic heterocycles. The van der Waals surface area contributed by atoms with Crippen LogP contribution in [-0.4, -0.2) is 35.5 Å². The van der Waals surface area contributed by atoms with Crippen LogP contribution >= 0.6 is 0 Å². The molecule has 0 heterocycles. The van der Waals surface area contributed by atoms with Crippen molar-refractivity contribution in [1.29, 1.82) is 0 Å². The molecule has 0 amide bonds. The summed E-state index contributed by atoms with van der Waals surface area (Å²) in [5.74, 6) is -0.0942. The topological polar surface area (TPSA) is 66.8 Å². The molecule has 0 fully saturated rings. The van der Waals surface area contributed by atoms with Crippen molar-refractivity contribution in [2.75, 3.05) is 7.11 Å². The van der Waals surface area contributed by atoms with E-state index in [4.69, 9.17) is 0 Å².